The lowest BCUT2D eigenvalue weighted by molar-refractivity contribution is 0.453. The molecule has 0 fully saturated rings. The van der Waals surface area contributed by atoms with Gasteiger partial charge in [0.1, 0.15) is 5.52 Å². The first-order chi connectivity index (χ1) is 21.4. The average Bonchev–Trinajstić information content (AvgIpc) is 3.45. The van der Waals surface area contributed by atoms with Crippen molar-refractivity contribution in [2.24, 2.45) is 0 Å². The zero-order valence-electron chi connectivity index (χ0n) is 24.8. The van der Waals surface area contributed by atoms with Gasteiger partial charge in [0.2, 0.25) is 5.88 Å². The highest BCUT2D eigenvalue weighted by Crippen LogP contribution is 2.38. The standard InChI is InChI=1S/C38H31N5O/c1-38(2,3)29-23-32(37(44)41-24-29)35-42-34-31(18-20-40-36(34)43(35)30-15-8-5-9-16-30)27-13-10-14-28(21-27)33-22-26(17-19-39-33)25-11-6-4-7-12-25/h4-24H,1-3H3,(H,41,44). The number of fused-ring (bicyclic) bond motifs is 1. The Balaban J connectivity index is 1.41. The summed E-state index contributed by atoms with van der Waals surface area (Å²) >= 11 is 0. The molecule has 3 aromatic carbocycles. The van der Waals surface area contributed by atoms with Crippen LogP contribution in [-0.4, -0.2) is 29.6 Å². The van der Waals surface area contributed by atoms with Crippen LogP contribution in [0.5, 0.6) is 5.88 Å². The van der Waals surface area contributed by atoms with E-state index in [4.69, 9.17) is 15.0 Å². The van der Waals surface area contributed by atoms with Crippen molar-refractivity contribution in [3.8, 4) is 56.5 Å². The van der Waals surface area contributed by atoms with E-state index in [2.05, 4.69) is 62.2 Å². The summed E-state index contributed by atoms with van der Waals surface area (Å²) in [6.07, 6.45) is 5.40. The molecule has 0 unspecified atom stereocenters. The lowest BCUT2D eigenvalue weighted by Crippen LogP contribution is -2.12. The summed E-state index contributed by atoms with van der Waals surface area (Å²) in [7, 11) is 0. The second kappa shape index (κ2) is 10.9. The quantitative estimate of drug-likeness (QED) is 0.223. The van der Waals surface area contributed by atoms with Crippen molar-refractivity contribution in [2.75, 3.05) is 0 Å². The van der Waals surface area contributed by atoms with E-state index in [9.17, 15) is 5.11 Å². The number of benzene rings is 3. The average molecular weight is 574 g/mol. The van der Waals surface area contributed by atoms with Gasteiger partial charge in [0.05, 0.1) is 11.3 Å². The molecule has 0 radical (unpaired) electrons. The highest BCUT2D eigenvalue weighted by molar-refractivity contribution is 5.94. The van der Waals surface area contributed by atoms with Gasteiger partial charge in [0.15, 0.2) is 11.5 Å². The van der Waals surface area contributed by atoms with E-state index in [1.54, 1.807) is 6.20 Å². The van der Waals surface area contributed by atoms with Crippen LogP contribution in [0.3, 0.4) is 0 Å². The van der Waals surface area contributed by atoms with Crippen LogP contribution in [0, 0.1) is 0 Å². The third-order valence-corrected chi connectivity index (χ3v) is 7.87. The summed E-state index contributed by atoms with van der Waals surface area (Å²) in [4.78, 5) is 19.0. The second-order valence-corrected chi connectivity index (χ2v) is 11.9. The largest absolute Gasteiger partial charge is 0.493 e. The molecule has 0 bridgehead atoms. The van der Waals surface area contributed by atoms with E-state index in [0.29, 0.717) is 17.0 Å². The molecule has 214 valence electrons. The second-order valence-electron chi connectivity index (χ2n) is 11.9. The number of imidazole rings is 1. The molecular weight excluding hydrogens is 542 g/mol. The molecule has 0 aliphatic heterocycles. The minimum absolute atomic E-state index is 0.0709. The molecule has 7 aromatic rings. The summed E-state index contributed by atoms with van der Waals surface area (Å²) in [5.74, 6) is 0.508. The first-order valence-electron chi connectivity index (χ1n) is 14.6. The number of hydrogen-bond donors (Lipinski definition) is 1. The highest BCUT2D eigenvalue weighted by atomic mass is 16.3. The summed E-state index contributed by atoms with van der Waals surface area (Å²) < 4.78 is 2.00. The maximum Gasteiger partial charge on any atom is 0.222 e. The van der Waals surface area contributed by atoms with Gasteiger partial charge in [-0.3, -0.25) is 9.55 Å². The molecule has 0 saturated carbocycles. The van der Waals surface area contributed by atoms with Gasteiger partial charge in [-0.25, -0.2) is 15.0 Å². The van der Waals surface area contributed by atoms with Crippen LogP contribution >= 0.6 is 0 Å². The highest BCUT2D eigenvalue weighted by Gasteiger charge is 2.24. The number of nitrogens with zero attached hydrogens (tertiary/aromatic N) is 5. The van der Waals surface area contributed by atoms with Gasteiger partial charge >= 0.3 is 0 Å². The van der Waals surface area contributed by atoms with Crippen LogP contribution in [0.1, 0.15) is 26.3 Å². The molecule has 6 nitrogen and oxygen atoms in total. The Morgan fingerprint density at radius 3 is 2.09 bits per heavy atom. The van der Waals surface area contributed by atoms with E-state index < -0.39 is 0 Å². The fourth-order valence-electron chi connectivity index (χ4n) is 5.49. The predicted molar refractivity (Wildman–Crippen MR) is 177 cm³/mol. The first-order valence-corrected chi connectivity index (χ1v) is 14.6. The monoisotopic (exact) mass is 573 g/mol. The van der Waals surface area contributed by atoms with Gasteiger partial charge in [0, 0.05) is 35.4 Å². The third-order valence-electron chi connectivity index (χ3n) is 7.87. The molecular formula is C38H31N5O. The molecule has 6 heteroatoms. The number of aromatic hydroxyl groups is 1. The Labute approximate surface area is 256 Å². The van der Waals surface area contributed by atoms with Crippen LogP contribution in [-0.2, 0) is 5.41 Å². The number of para-hydroxylation sites is 1. The minimum atomic E-state index is -0.158. The predicted octanol–water partition coefficient (Wildman–Crippen LogP) is 8.88. The fraction of sp³-hybridized carbons (Fsp3) is 0.105. The van der Waals surface area contributed by atoms with E-state index in [1.165, 1.54) is 0 Å². The Morgan fingerprint density at radius 2 is 1.32 bits per heavy atom. The fourth-order valence-corrected chi connectivity index (χ4v) is 5.49. The summed E-state index contributed by atoms with van der Waals surface area (Å²) in [6.45, 7) is 6.38. The van der Waals surface area contributed by atoms with Gasteiger partial charge in [0.25, 0.3) is 0 Å². The summed E-state index contributed by atoms with van der Waals surface area (Å²) in [6, 6.07) is 36.8. The Kier molecular flexibility index (Phi) is 6.74. The number of pyridine rings is 3. The van der Waals surface area contributed by atoms with E-state index >= 15 is 0 Å². The van der Waals surface area contributed by atoms with Gasteiger partial charge in [-0.1, -0.05) is 87.5 Å². The Morgan fingerprint density at radius 1 is 0.614 bits per heavy atom. The van der Waals surface area contributed by atoms with Crippen molar-refractivity contribution < 1.29 is 5.11 Å². The number of rotatable bonds is 5. The maximum atomic E-state index is 11.0. The SMILES string of the molecule is CC(C)(C)c1cnc(O)c(-c2nc3c(-c4cccc(-c5cc(-c6ccccc6)ccn5)c4)ccnc3n2-c2ccccc2)c1. The Bertz CT molecular complexity index is 2110. The molecule has 1 N–H and O–H groups in total. The van der Waals surface area contributed by atoms with E-state index in [-0.39, 0.29) is 11.3 Å². The molecule has 4 aromatic heterocycles. The van der Waals surface area contributed by atoms with Crippen LogP contribution < -0.4 is 0 Å². The van der Waals surface area contributed by atoms with E-state index in [0.717, 1.165) is 50.3 Å². The Hall–Kier alpha value is -5.62. The van der Waals surface area contributed by atoms with Gasteiger partial charge in [-0.05, 0) is 70.1 Å². The van der Waals surface area contributed by atoms with E-state index in [1.807, 2.05) is 89.8 Å². The molecule has 0 atom stereocenters. The maximum absolute atomic E-state index is 11.0. The third kappa shape index (κ3) is 5.01. The summed E-state index contributed by atoms with van der Waals surface area (Å²) in [5.41, 5.74) is 9.82. The van der Waals surface area contributed by atoms with Gasteiger partial charge < -0.3 is 5.11 Å². The van der Waals surface area contributed by atoms with Crippen molar-refractivity contribution in [1.82, 2.24) is 24.5 Å². The zero-order valence-corrected chi connectivity index (χ0v) is 24.8. The lowest BCUT2D eigenvalue weighted by Gasteiger charge is -2.19. The minimum Gasteiger partial charge on any atom is -0.493 e. The molecule has 4 heterocycles. The zero-order chi connectivity index (χ0) is 30.3. The van der Waals surface area contributed by atoms with Crippen LogP contribution in [0.15, 0.2) is 128 Å². The van der Waals surface area contributed by atoms with Crippen molar-refractivity contribution in [1.29, 1.82) is 0 Å². The summed E-state index contributed by atoms with van der Waals surface area (Å²) in [5, 5.41) is 11.0. The molecule has 0 aliphatic rings. The molecule has 7 rings (SSSR count). The van der Waals surface area contributed by atoms with Crippen molar-refractivity contribution in [2.45, 2.75) is 26.2 Å². The molecule has 0 amide bonds. The van der Waals surface area contributed by atoms with Crippen LogP contribution in [0.4, 0.5) is 0 Å². The van der Waals surface area contributed by atoms with Crippen molar-refractivity contribution in [3.05, 3.63) is 133 Å². The van der Waals surface area contributed by atoms with Gasteiger partial charge in [-0.2, -0.15) is 0 Å². The topological polar surface area (TPSA) is 76.7 Å². The lowest BCUT2D eigenvalue weighted by atomic mass is 9.87. The first kappa shape index (κ1) is 27.2. The smallest absolute Gasteiger partial charge is 0.222 e. The number of hydrogen-bond acceptors (Lipinski definition) is 5. The van der Waals surface area contributed by atoms with Crippen molar-refractivity contribution >= 4 is 11.2 Å². The molecule has 0 aliphatic carbocycles. The normalized spacial score (nSPS) is 11.6. The van der Waals surface area contributed by atoms with Crippen LogP contribution in [0.2, 0.25) is 0 Å². The molecule has 0 saturated heterocycles. The molecule has 44 heavy (non-hydrogen) atoms. The number of aromatic nitrogens is 5. The van der Waals surface area contributed by atoms with Crippen LogP contribution in [0.25, 0.3) is 61.8 Å². The van der Waals surface area contributed by atoms with Gasteiger partial charge in [-0.15, -0.1) is 0 Å². The van der Waals surface area contributed by atoms with Crippen molar-refractivity contribution in [3.63, 3.8) is 0 Å². The molecule has 0 spiro atoms.